The van der Waals surface area contributed by atoms with Crippen molar-refractivity contribution < 1.29 is 24.4 Å². The van der Waals surface area contributed by atoms with Gasteiger partial charge in [-0.2, -0.15) is 0 Å². The number of carboxylic acid groups (broad SMARTS) is 1. The van der Waals surface area contributed by atoms with Crippen molar-refractivity contribution in [2.45, 2.75) is 18.8 Å². The van der Waals surface area contributed by atoms with E-state index in [1.165, 1.54) is 17.4 Å². The maximum absolute atomic E-state index is 12.3. The van der Waals surface area contributed by atoms with Crippen molar-refractivity contribution >= 4 is 35.3 Å². The minimum Gasteiger partial charge on any atom is -0.534 e. The van der Waals surface area contributed by atoms with E-state index in [1.54, 1.807) is 18.3 Å². The van der Waals surface area contributed by atoms with Gasteiger partial charge in [-0.3, -0.25) is 9.20 Å². The third kappa shape index (κ3) is 3.04. The van der Waals surface area contributed by atoms with Crippen molar-refractivity contribution in [1.29, 1.82) is 0 Å². The molecule has 1 amide bonds. The molecule has 26 heavy (non-hydrogen) atoms. The fraction of sp³-hybridized carbons (Fsp3) is 0.188. The lowest BCUT2D eigenvalue weighted by Crippen LogP contribution is -2.53. The Labute approximate surface area is 152 Å². The highest BCUT2D eigenvalue weighted by molar-refractivity contribution is 7.15. The monoisotopic (exact) mass is 371 g/mol. The van der Waals surface area contributed by atoms with E-state index in [0.29, 0.717) is 11.3 Å². The predicted molar refractivity (Wildman–Crippen MR) is 94.4 cm³/mol. The van der Waals surface area contributed by atoms with Crippen LogP contribution in [0.5, 0.6) is 5.75 Å². The van der Waals surface area contributed by atoms with Crippen LogP contribution in [0.3, 0.4) is 0 Å². The summed E-state index contributed by atoms with van der Waals surface area (Å²) in [6, 6.07) is 4.74. The summed E-state index contributed by atoms with van der Waals surface area (Å²) in [6.45, 7) is 0. The number of imidazole rings is 1. The molecule has 0 saturated heterocycles. The van der Waals surface area contributed by atoms with Gasteiger partial charge in [-0.25, -0.2) is 9.78 Å². The van der Waals surface area contributed by atoms with Crippen LogP contribution in [0, 0.1) is 0 Å². The Kier molecular flexibility index (Phi) is 4.13. The molecule has 1 unspecified atom stereocenters. The number of aromatic carboxylic acids is 1. The first-order valence-electron chi connectivity index (χ1n) is 7.91. The molecule has 1 aliphatic rings. The fourth-order valence-corrected chi connectivity index (χ4v) is 3.72. The van der Waals surface area contributed by atoms with Gasteiger partial charge in [0, 0.05) is 17.8 Å². The van der Waals surface area contributed by atoms with Gasteiger partial charge in [-0.05, 0) is 18.1 Å². The molecule has 1 atom stereocenters. The number of amides is 1. The number of carbonyl (C=O) groups excluding carboxylic acids is 1. The van der Waals surface area contributed by atoms with E-state index in [9.17, 15) is 19.7 Å². The number of rotatable bonds is 4. The quantitative estimate of drug-likeness (QED) is 0.584. The van der Waals surface area contributed by atoms with E-state index in [4.69, 9.17) is 4.65 Å². The van der Waals surface area contributed by atoms with E-state index in [2.05, 4.69) is 10.3 Å². The number of carboxylic acids is 1. The third-order valence-corrected chi connectivity index (χ3v) is 4.95. The summed E-state index contributed by atoms with van der Waals surface area (Å²) in [5.74, 6) is -1.94. The number of nitrogens with zero attached hydrogens (tertiary/aromatic N) is 2. The van der Waals surface area contributed by atoms with Crippen LogP contribution < -0.4 is 9.97 Å². The van der Waals surface area contributed by atoms with Crippen LogP contribution in [-0.4, -0.2) is 44.5 Å². The molecule has 4 rings (SSSR count). The number of hydrogen-bond donors (Lipinski definition) is 3. The van der Waals surface area contributed by atoms with E-state index >= 15 is 0 Å². The molecule has 1 aliphatic heterocycles. The Bertz CT molecular complexity index is 972. The number of benzene rings is 1. The van der Waals surface area contributed by atoms with Crippen molar-refractivity contribution in [3.63, 3.8) is 0 Å². The molecule has 8 nitrogen and oxygen atoms in total. The topological polar surface area (TPSA) is 113 Å². The summed E-state index contributed by atoms with van der Waals surface area (Å²) in [5.41, 5.74) is 1.25. The Balaban J connectivity index is 1.46. The zero-order valence-corrected chi connectivity index (χ0v) is 14.3. The van der Waals surface area contributed by atoms with Gasteiger partial charge in [0.1, 0.15) is 5.75 Å². The molecular weight excluding hydrogens is 357 g/mol. The zero-order chi connectivity index (χ0) is 18.3. The predicted octanol–water partition coefficient (Wildman–Crippen LogP) is 0.776. The van der Waals surface area contributed by atoms with Crippen LogP contribution >= 0.6 is 11.3 Å². The average molecular weight is 371 g/mol. The number of carbonyl (C=O) groups is 2. The molecule has 2 aromatic heterocycles. The SMILES string of the molecule is O=C(Cc1cn2ccsc2n1)NC1Cc2cccc(C(=O)O)c2OB1O. The lowest BCUT2D eigenvalue weighted by Gasteiger charge is -2.28. The molecule has 0 bridgehead atoms. The molecule has 10 heteroatoms. The van der Waals surface area contributed by atoms with Crippen molar-refractivity contribution in [1.82, 2.24) is 14.7 Å². The molecule has 0 saturated carbocycles. The smallest absolute Gasteiger partial charge is 0.534 e. The highest BCUT2D eigenvalue weighted by Gasteiger charge is 2.37. The van der Waals surface area contributed by atoms with Crippen LogP contribution in [0.25, 0.3) is 4.96 Å². The molecule has 0 aliphatic carbocycles. The number of para-hydroxylation sites is 1. The van der Waals surface area contributed by atoms with Crippen LogP contribution in [0.15, 0.2) is 36.0 Å². The van der Waals surface area contributed by atoms with Gasteiger partial charge >= 0.3 is 13.1 Å². The summed E-state index contributed by atoms with van der Waals surface area (Å²) in [6.07, 6.45) is 4.01. The minimum absolute atomic E-state index is 0.00981. The number of aromatic nitrogens is 2. The van der Waals surface area contributed by atoms with Crippen LogP contribution in [-0.2, 0) is 17.6 Å². The van der Waals surface area contributed by atoms with Crippen molar-refractivity contribution in [2.24, 2.45) is 0 Å². The number of hydrogen-bond acceptors (Lipinski definition) is 6. The lowest BCUT2D eigenvalue weighted by molar-refractivity contribution is -0.120. The summed E-state index contributed by atoms with van der Waals surface area (Å²) < 4.78 is 7.21. The van der Waals surface area contributed by atoms with Gasteiger partial charge in [-0.15, -0.1) is 11.3 Å². The first-order valence-corrected chi connectivity index (χ1v) is 8.79. The second-order valence-electron chi connectivity index (χ2n) is 5.99. The molecule has 0 radical (unpaired) electrons. The van der Waals surface area contributed by atoms with Gasteiger partial charge < -0.3 is 20.1 Å². The Hall–Kier alpha value is -2.85. The Morgan fingerprint density at radius 2 is 2.31 bits per heavy atom. The molecule has 0 fully saturated rings. The van der Waals surface area contributed by atoms with Gasteiger partial charge in [-0.1, -0.05) is 12.1 Å². The molecular formula is C16H14BN3O5S. The minimum atomic E-state index is -1.32. The van der Waals surface area contributed by atoms with Gasteiger partial charge in [0.2, 0.25) is 5.91 Å². The Morgan fingerprint density at radius 3 is 3.08 bits per heavy atom. The standard InChI is InChI=1S/C16H14BN3O5S/c21-13(7-10-8-20-4-5-26-16(20)18-10)19-12-6-9-2-1-3-11(15(22)23)14(9)25-17(12)24/h1-5,8,12,24H,6-7H2,(H,19,21)(H,22,23). The summed E-state index contributed by atoms with van der Waals surface area (Å²) in [4.78, 5) is 28.7. The molecule has 132 valence electrons. The van der Waals surface area contributed by atoms with Gasteiger partial charge in [0.05, 0.1) is 23.6 Å². The number of fused-ring (bicyclic) bond motifs is 2. The second-order valence-corrected chi connectivity index (χ2v) is 6.86. The van der Waals surface area contributed by atoms with Gasteiger partial charge in [0.25, 0.3) is 0 Å². The first kappa shape index (κ1) is 16.6. The molecule has 3 heterocycles. The number of thiazole rings is 1. The Morgan fingerprint density at radius 1 is 1.46 bits per heavy atom. The summed E-state index contributed by atoms with van der Waals surface area (Å²) in [7, 11) is -1.32. The zero-order valence-electron chi connectivity index (χ0n) is 13.5. The van der Waals surface area contributed by atoms with Crippen LogP contribution in [0.1, 0.15) is 21.6 Å². The largest absolute Gasteiger partial charge is 0.547 e. The maximum Gasteiger partial charge on any atom is 0.547 e. The maximum atomic E-state index is 12.3. The van der Waals surface area contributed by atoms with E-state index in [-0.39, 0.29) is 30.1 Å². The first-order chi connectivity index (χ1) is 12.5. The highest BCUT2D eigenvalue weighted by atomic mass is 32.1. The summed E-state index contributed by atoms with van der Waals surface area (Å²) in [5, 5.41) is 24.0. The van der Waals surface area contributed by atoms with Crippen LogP contribution in [0.4, 0.5) is 0 Å². The van der Waals surface area contributed by atoms with Gasteiger partial charge in [0.15, 0.2) is 4.96 Å². The molecule has 0 spiro atoms. The van der Waals surface area contributed by atoms with Crippen molar-refractivity contribution in [3.8, 4) is 5.75 Å². The normalized spacial score (nSPS) is 16.2. The van der Waals surface area contributed by atoms with Crippen molar-refractivity contribution in [3.05, 3.63) is 52.8 Å². The molecule has 3 N–H and O–H groups in total. The lowest BCUT2D eigenvalue weighted by atomic mass is 9.72. The van der Waals surface area contributed by atoms with Crippen molar-refractivity contribution in [2.75, 3.05) is 0 Å². The van der Waals surface area contributed by atoms with E-state index < -0.39 is 19.0 Å². The summed E-state index contributed by atoms with van der Waals surface area (Å²) >= 11 is 1.48. The molecule has 3 aromatic rings. The number of nitrogens with one attached hydrogen (secondary N) is 1. The average Bonchev–Trinajstić information content (AvgIpc) is 3.16. The third-order valence-electron chi connectivity index (χ3n) is 4.18. The van der Waals surface area contributed by atoms with E-state index in [0.717, 1.165) is 4.96 Å². The molecule has 1 aromatic carbocycles. The highest BCUT2D eigenvalue weighted by Crippen LogP contribution is 2.30. The van der Waals surface area contributed by atoms with Crippen LogP contribution in [0.2, 0.25) is 0 Å². The van der Waals surface area contributed by atoms with E-state index in [1.807, 2.05) is 16.0 Å². The second kappa shape index (κ2) is 6.47. The fourth-order valence-electron chi connectivity index (χ4n) is 3.00.